The molecular weight excluding hydrogens is 364 g/mol. The third-order valence-corrected chi connectivity index (χ3v) is 4.36. The highest BCUT2D eigenvalue weighted by Gasteiger charge is 2.08. The van der Waals surface area contributed by atoms with E-state index in [9.17, 15) is 9.59 Å². The number of rotatable bonds is 9. The molecule has 3 rings (SSSR count). The summed E-state index contributed by atoms with van der Waals surface area (Å²) in [6, 6.07) is 26.5. The molecule has 0 unspecified atom stereocenters. The van der Waals surface area contributed by atoms with Gasteiger partial charge < -0.3 is 15.4 Å². The van der Waals surface area contributed by atoms with Crippen LogP contribution >= 0.6 is 0 Å². The van der Waals surface area contributed by atoms with E-state index in [0.29, 0.717) is 18.7 Å². The summed E-state index contributed by atoms with van der Waals surface area (Å²) in [6.45, 7) is 1.12. The van der Waals surface area contributed by atoms with E-state index >= 15 is 0 Å². The lowest BCUT2D eigenvalue weighted by molar-refractivity contribution is -0.121. The van der Waals surface area contributed by atoms with E-state index in [2.05, 4.69) is 10.6 Å². The average molecular weight is 388 g/mol. The molecule has 0 bridgehead atoms. The molecular formula is C24H24N2O3. The minimum atomic E-state index is -0.182. The van der Waals surface area contributed by atoms with Gasteiger partial charge in [-0.25, -0.2) is 0 Å². The summed E-state index contributed by atoms with van der Waals surface area (Å²) in [5.41, 5.74) is 2.57. The van der Waals surface area contributed by atoms with Crippen molar-refractivity contribution in [3.8, 4) is 5.75 Å². The van der Waals surface area contributed by atoms with Crippen molar-refractivity contribution in [1.82, 2.24) is 10.6 Å². The molecule has 0 fully saturated rings. The zero-order valence-electron chi connectivity index (χ0n) is 16.1. The van der Waals surface area contributed by atoms with Gasteiger partial charge in [-0.05, 0) is 23.8 Å². The Bertz CT molecular complexity index is 927. The topological polar surface area (TPSA) is 67.4 Å². The first-order valence-corrected chi connectivity index (χ1v) is 9.57. The smallest absolute Gasteiger partial charge is 0.251 e. The maximum Gasteiger partial charge on any atom is 0.251 e. The van der Waals surface area contributed by atoms with Crippen LogP contribution in [0, 0.1) is 0 Å². The quantitative estimate of drug-likeness (QED) is 0.587. The molecule has 3 aromatic carbocycles. The second-order valence-corrected chi connectivity index (χ2v) is 6.53. The van der Waals surface area contributed by atoms with Crippen LogP contribution in [0.5, 0.6) is 5.75 Å². The fourth-order valence-corrected chi connectivity index (χ4v) is 2.79. The summed E-state index contributed by atoms with van der Waals surface area (Å²) in [4.78, 5) is 24.1. The lowest BCUT2D eigenvalue weighted by atomic mass is 10.2. The van der Waals surface area contributed by atoms with E-state index < -0.39 is 0 Å². The van der Waals surface area contributed by atoms with Crippen LogP contribution in [0.3, 0.4) is 0 Å². The number of ether oxygens (including phenoxy) is 1. The standard InChI is InChI=1S/C24H24N2O3/c27-23(15-16-25-24(28)20-11-5-2-6-12-20)26-17-21-13-7-8-14-22(21)29-18-19-9-3-1-4-10-19/h1-14H,15-18H2,(H,25,28)(H,26,27). The Morgan fingerprint density at radius 1 is 0.759 bits per heavy atom. The number of para-hydroxylation sites is 1. The molecule has 3 aromatic rings. The van der Waals surface area contributed by atoms with Crippen molar-refractivity contribution in [3.05, 3.63) is 102 Å². The van der Waals surface area contributed by atoms with Gasteiger partial charge in [0.1, 0.15) is 12.4 Å². The van der Waals surface area contributed by atoms with Crippen LogP contribution in [0.25, 0.3) is 0 Å². The molecule has 0 spiro atoms. The number of benzene rings is 3. The second-order valence-electron chi connectivity index (χ2n) is 6.53. The van der Waals surface area contributed by atoms with Crippen LogP contribution in [-0.4, -0.2) is 18.4 Å². The van der Waals surface area contributed by atoms with Crippen LogP contribution in [0.15, 0.2) is 84.9 Å². The Morgan fingerprint density at radius 2 is 1.41 bits per heavy atom. The number of amides is 2. The molecule has 5 heteroatoms. The number of hydrogen-bond donors (Lipinski definition) is 2. The van der Waals surface area contributed by atoms with Crippen LogP contribution in [0.4, 0.5) is 0 Å². The average Bonchev–Trinajstić information content (AvgIpc) is 2.78. The van der Waals surface area contributed by atoms with Crippen LogP contribution in [0.1, 0.15) is 27.9 Å². The van der Waals surface area contributed by atoms with Gasteiger partial charge in [0.25, 0.3) is 5.91 Å². The summed E-state index contributed by atoms with van der Waals surface area (Å²) in [6.07, 6.45) is 0.214. The Balaban J connectivity index is 1.43. The van der Waals surface area contributed by atoms with Gasteiger partial charge in [-0.1, -0.05) is 66.7 Å². The second kappa shape index (κ2) is 10.7. The zero-order valence-corrected chi connectivity index (χ0v) is 16.1. The van der Waals surface area contributed by atoms with Crippen molar-refractivity contribution in [2.75, 3.05) is 6.54 Å². The van der Waals surface area contributed by atoms with Crippen molar-refractivity contribution in [2.24, 2.45) is 0 Å². The molecule has 2 N–H and O–H groups in total. The van der Waals surface area contributed by atoms with Gasteiger partial charge in [-0.15, -0.1) is 0 Å². The number of nitrogens with one attached hydrogen (secondary N) is 2. The molecule has 0 aliphatic rings. The molecule has 0 aliphatic carbocycles. The SMILES string of the molecule is O=C(CCNC(=O)c1ccccc1)NCc1ccccc1OCc1ccccc1. The highest BCUT2D eigenvalue weighted by molar-refractivity contribution is 5.94. The van der Waals surface area contributed by atoms with Gasteiger partial charge in [0.05, 0.1) is 0 Å². The van der Waals surface area contributed by atoms with E-state index in [1.165, 1.54) is 0 Å². The fourth-order valence-electron chi connectivity index (χ4n) is 2.79. The van der Waals surface area contributed by atoms with Crippen LogP contribution in [-0.2, 0) is 17.9 Å². The lowest BCUT2D eigenvalue weighted by Gasteiger charge is -2.12. The fraction of sp³-hybridized carbons (Fsp3) is 0.167. The van der Waals surface area contributed by atoms with E-state index in [4.69, 9.17) is 4.74 Å². The molecule has 5 nitrogen and oxygen atoms in total. The van der Waals surface area contributed by atoms with Crippen LogP contribution in [0.2, 0.25) is 0 Å². The molecule has 0 aromatic heterocycles. The van der Waals surface area contributed by atoms with Gasteiger partial charge in [-0.3, -0.25) is 9.59 Å². The number of hydrogen-bond acceptors (Lipinski definition) is 3. The van der Waals surface area contributed by atoms with Crippen LogP contribution < -0.4 is 15.4 Å². The molecule has 0 saturated carbocycles. The molecule has 0 aliphatic heterocycles. The molecule has 29 heavy (non-hydrogen) atoms. The van der Waals surface area contributed by atoms with E-state index in [1.807, 2.05) is 60.7 Å². The normalized spacial score (nSPS) is 10.2. The highest BCUT2D eigenvalue weighted by atomic mass is 16.5. The van der Waals surface area contributed by atoms with Gasteiger partial charge in [0, 0.05) is 30.6 Å². The summed E-state index contributed by atoms with van der Waals surface area (Å²) < 4.78 is 5.91. The van der Waals surface area contributed by atoms with E-state index in [0.717, 1.165) is 16.9 Å². The highest BCUT2D eigenvalue weighted by Crippen LogP contribution is 2.19. The molecule has 0 heterocycles. The largest absolute Gasteiger partial charge is 0.489 e. The van der Waals surface area contributed by atoms with Crippen molar-refractivity contribution in [2.45, 2.75) is 19.6 Å². The van der Waals surface area contributed by atoms with Gasteiger partial charge >= 0.3 is 0 Å². The first kappa shape index (κ1) is 20.1. The Labute approximate surface area is 170 Å². The minimum absolute atomic E-state index is 0.128. The number of carbonyl (C=O) groups excluding carboxylic acids is 2. The van der Waals surface area contributed by atoms with E-state index in [1.54, 1.807) is 24.3 Å². The maximum atomic E-state index is 12.1. The summed E-state index contributed by atoms with van der Waals surface area (Å²) in [5, 5.41) is 5.63. The molecule has 2 amide bonds. The predicted octanol–water partition coefficient (Wildman–Crippen LogP) is 3.70. The van der Waals surface area contributed by atoms with Crippen molar-refractivity contribution < 1.29 is 14.3 Å². The summed E-state index contributed by atoms with van der Waals surface area (Å²) >= 11 is 0. The summed E-state index contributed by atoms with van der Waals surface area (Å²) in [7, 11) is 0. The Morgan fingerprint density at radius 3 is 2.17 bits per heavy atom. The van der Waals surface area contributed by atoms with Gasteiger partial charge in [-0.2, -0.15) is 0 Å². The first-order chi connectivity index (χ1) is 14.2. The predicted molar refractivity (Wildman–Crippen MR) is 112 cm³/mol. The Hall–Kier alpha value is -3.60. The third kappa shape index (κ3) is 6.50. The molecule has 0 atom stereocenters. The Kier molecular flexibility index (Phi) is 7.41. The van der Waals surface area contributed by atoms with Crippen molar-refractivity contribution >= 4 is 11.8 Å². The molecule has 0 saturated heterocycles. The summed E-state index contributed by atoms with van der Waals surface area (Å²) in [5.74, 6) is 0.434. The molecule has 0 radical (unpaired) electrons. The third-order valence-electron chi connectivity index (χ3n) is 4.36. The van der Waals surface area contributed by atoms with Gasteiger partial charge in [0.2, 0.25) is 5.91 Å². The van der Waals surface area contributed by atoms with Crippen molar-refractivity contribution in [1.29, 1.82) is 0 Å². The molecule has 148 valence electrons. The number of carbonyl (C=O) groups is 2. The van der Waals surface area contributed by atoms with E-state index in [-0.39, 0.29) is 24.8 Å². The monoisotopic (exact) mass is 388 g/mol. The lowest BCUT2D eigenvalue weighted by Crippen LogP contribution is -2.30. The maximum absolute atomic E-state index is 12.1. The minimum Gasteiger partial charge on any atom is -0.489 e. The van der Waals surface area contributed by atoms with Gasteiger partial charge in [0.15, 0.2) is 0 Å². The first-order valence-electron chi connectivity index (χ1n) is 9.57. The van der Waals surface area contributed by atoms with Crippen molar-refractivity contribution in [3.63, 3.8) is 0 Å². The zero-order chi connectivity index (χ0) is 20.3.